The van der Waals surface area contributed by atoms with Gasteiger partial charge in [0.15, 0.2) is 0 Å². The molecule has 1 atom stereocenters. The Balaban J connectivity index is 2.17. The highest BCUT2D eigenvalue weighted by Crippen LogP contribution is 2.23. The van der Waals surface area contributed by atoms with Crippen LogP contribution >= 0.6 is 15.9 Å². The summed E-state index contributed by atoms with van der Waals surface area (Å²) in [7, 11) is 0. The maximum Gasteiger partial charge on any atom is 0.130 e. The van der Waals surface area contributed by atoms with E-state index in [-0.39, 0.29) is 5.82 Å². The van der Waals surface area contributed by atoms with Crippen LogP contribution in [0.3, 0.4) is 0 Å². The molecule has 0 aliphatic carbocycles. The fraction of sp³-hybridized carbons (Fsp3) is 0.500. The normalized spacial score (nSPS) is 20.9. The summed E-state index contributed by atoms with van der Waals surface area (Å²) in [5.74, 6) is -0.0573. The monoisotopic (exact) mass is 271 g/mol. The van der Waals surface area contributed by atoms with Crippen LogP contribution in [0.25, 0.3) is 0 Å². The summed E-state index contributed by atoms with van der Waals surface area (Å²) in [6.45, 7) is 2.88. The standard InChI is InChI=1S/C12H15BrFN/c1-8-11(13)5-4-9(12(8)14)7-10-3-2-6-15-10/h4-5,10,15H,2-3,6-7H2,1H3. The van der Waals surface area contributed by atoms with Gasteiger partial charge in [-0.25, -0.2) is 4.39 Å². The highest BCUT2D eigenvalue weighted by atomic mass is 79.9. The van der Waals surface area contributed by atoms with Gasteiger partial charge in [-0.3, -0.25) is 0 Å². The lowest BCUT2D eigenvalue weighted by molar-refractivity contribution is 0.555. The van der Waals surface area contributed by atoms with Crippen molar-refractivity contribution in [3.05, 3.63) is 33.5 Å². The van der Waals surface area contributed by atoms with E-state index in [0.29, 0.717) is 11.6 Å². The van der Waals surface area contributed by atoms with Gasteiger partial charge in [0.25, 0.3) is 0 Å². The molecule has 15 heavy (non-hydrogen) atoms. The molecule has 0 amide bonds. The van der Waals surface area contributed by atoms with Gasteiger partial charge < -0.3 is 5.32 Å². The Labute approximate surface area is 98.2 Å². The summed E-state index contributed by atoms with van der Waals surface area (Å²) in [5, 5.41) is 3.39. The second kappa shape index (κ2) is 4.62. The molecule has 1 unspecified atom stereocenters. The van der Waals surface area contributed by atoms with Crippen molar-refractivity contribution in [3.63, 3.8) is 0 Å². The molecule has 0 aromatic heterocycles. The number of hydrogen-bond acceptors (Lipinski definition) is 1. The molecule has 1 N–H and O–H groups in total. The van der Waals surface area contributed by atoms with Crippen LogP contribution in [0.15, 0.2) is 16.6 Å². The minimum absolute atomic E-state index is 0.0573. The van der Waals surface area contributed by atoms with Crippen molar-refractivity contribution in [1.29, 1.82) is 0 Å². The van der Waals surface area contributed by atoms with Crippen LogP contribution in [0.5, 0.6) is 0 Å². The van der Waals surface area contributed by atoms with Crippen LogP contribution in [-0.4, -0.2) is 12.6 Å². The second-order valence-corrected chi connectivity index (χ2v) is 5.00. The molecule has 0 radical (unpaired) electrons. The van der Waals surface area contributed by atoms with Gasteiger partial charge in [-0.2, -0.15) is 0 Å². The molecule has 0 spiro atoms. The first-order chi connectivity index (χ1) is 7.18. The summed E-state index contributed by atoms with van der Waals surface area (Å²) < 4.78 is 14.7. The smallest absolute Gasteiger partial charge is 0.130 e. The Hall–Kier alpha value is -0.410. The van der Waals surface area contributed by atoms with Crippen LogP contribution in [0.1, 0.15) is 24.0 Å². The number of halogens is 2. The summed E-state index contributed by atoms with van der Waals surface area (Å²) >= 11 is 3.34. The second-order valence-electron chi connectivity index (χ2n) is 4.14. The van der Waals surface area contributed by atoms with Gasteiger partial charge in [-0.15, -0.1) is 0 Å². The van der Waals surface area contributed by atoms with Crippen LogP contribution in [-0.2, 0) is 6.42 Å². The van der Waals surface area contributed by atoms with Crippen LogP contribution < -0.4 is 5.32 Å². The third-order valence-electron chi connectivity index (χ3n) is 3.03. The highest BCUT2D eigenvalue weighted by molar-refractivity contribution is 9.10. The summed E-state index contributed by atoms with van der Waals surface area (Å²) in [6, 6.07) is 4.27. The number of nitrogens with one attached hydrogen (secondary N) is 1. The molecular formula is C12H15BrFN. The van der Waals surface area contributed by atoms with E-state index in [0.717, 1.165) is 29.4 Å². The molecule has 1 heterocycles. The van der Waals surface area contributed by atoms with E-state index in [1.807, 2.05) is 19.1 Å². The maximum atomic E-state index is 13.9. The van der Waals surface area contributed by atoms with Gasteiger partial charge in [0.1, 0.15) is 5.82 Å². The Bertz CT molecular complexity index is 359. The molecule has 1 aromatic rings. The third-order valence-corrected chi connectivity index (χ3v) is 3.89. The Morgan fingerprint density at radius 3 is 3.00 bits per heavy atom. The van der Waals surface area contributed by atoms with Crippen molar-refractivity contribution in [1.82, 2.24) is 5.32 Å². The SMILES string of the molecule is Cc1c(Br)ccc(CC2CCCN2)c1F. The van der Waals surface area contributed by atoms with E-state index < -0.39 is 0 Å². The number of benzene rings is 1. The lowest BCUT2D eigenvalue weighted by atomic mass is 10.0. The molecule has 1 aromatic carbocycles. The van der Waals surface area contributed by atoms with Crippen molar-refractivity contribution in [3.8, 4) is 0 Å². The molecule has 1 nitrogen and oxygen atoms in total. The lowest BCUT2D eigenvalue weighted by Gasteiger charge is -2.12. The molecule has 0 saturated carbocycles. The van der Waals surface area contributed by atoms with Crippen LogP contribution in [0, 0.1) is 12.7 Å². The molecule has 1 fully saturated rings. The summed E-state index contributed by atoms with van der Waals surface area (Å²) in [6.07, 6.45) is 3.18. The molecule has 82 valence electrons. The van der Waals surface area contributed by atoms with Crippen LogP contribution in [0.4, 0.5) is 4.39 Å². The van der Waals surface area contributed by atoms with Gasteiger partial charge >= 0.3 is 0 Å². The minimum Gasteiger partial charge on any atom is -0.314 e. The van der Waals surface area contributed by atoms with Crippen molar-refractivity contribution in [2.24, 2.45) is 0 Å². The zero-order valence-electron chi connectivity index (χ0n) is 8.82. The zero-order chi connectivity index (χ0) is 10.8. The number of rotatable bonds is 2. The molecule has 2 rings (SSSR count). The molecule has 0 bridgehead atoms. The van der Waals surface area contributed by atoms with Gasteiger partial charge in [0.2, 0.25) is 0 Å². The fourth-order valence-electron chi connectivity index (χ4n) is 2.07. The molecule has 1 aliphatic heterocycles. The van der Waals surface area contributed by atoms with Crippen molar-refractivity contribution in [2.45, 2.75) is 32.2 Å². The van der Waals surface area contributed by atoms with E-state index in [4.69, 9.17) is 0 Å². The first-order valence-electron chi connectivity index (χ1n) is 5.35. The minimum atomic E-state index is -0.0573. The predicted molar refractivity (Wildman–Crippen MR) is 63.6 cm³/mol. The van der Waals surface area contributed by atoms with Crippen molar-refractivity contribution in [2.75, 3.05) is 6.54 Å². The quantitative estimate of drug-likeness (QED) is 0.871. The average molecular weight is 272 g/mol. The Kier molecular flexibility index (Phi) is 3.42. The van der Waals surface area contributed by atoms with E-state index in [2.05, 4.69) is 21.2 Å². The molecule has 1 aliphatic rings. The molecule has 1 saturated heterocycles. The van der Waals surface area contributed by atoms with E-state index >= 15 is 0 Å². The topological polar surface area (TPSA) is 12.0 Å². The van der Waals surface area contributed by atoms with E-state index in [9.17, 15) is 4.39 Å². The van der Waals surface area contributed by atoms with Gasteiger partial charge in [0, 0.05) is 10.5 Å². The predicted octanol–water partition coefficient (Wildman–Crippen LogP) is 3.19. The van der Waals surface area contributed by atoms with Gasteiger partial charge in [-0.05, 0) is 49.9 Å². The maximum absolute atomic E-state index is 13.9. The summed E-state index contributed by atoms with van der Waals surface area (Å²) in [5.41, 5.74) is 1.54. The zero-order valence-corrected chi connectivity index (χ0v) is 10.4. The summed E-state index contributed by atoms with van der Waals surface area (Å²) in [4.78, 5) is 0. The van der Waals surface area contributed by atoms with Crippen molar-refractivity contribution < 1.29 is 4.39 Å². The van der Waals surface area contributed by atoms with E-state index in [1.165, 1.54) is 6.42 Å². The highest BCUT2D eigenvalue weighted by Gasteiger charge is 2.17. The first kappa shape index (κ1) is 11.1. The average Bonchev–Trinajstić information content (AvgIpc) is 2.72. The lowest BCUT2D eigenvalue weighted by Crippen LogP contribution is -2.24. The van der Waals surface area contributed by atoms with Crippen molar-refractivity contribution >= 4 is 15.9 Å². The van der Waals surface area contributed by atoms with E-state index in [1.54, 1.807) is 0 Å². The van der Waals surface area contributed by atoms with Gasteiger partial charge in [-0.1, -0.05) is 22.0 Å². The Morgan fingerprint density at radius 2 is 2.33 bits per heavy atom. The molecule has 3 heteroatoms. The molecular weight excluding hydrogens is 257 g/mol. The van der Waals surface area contributed by atoms with Crippen LogP contribution in [0.2, 0.25) is 0 Å². The third kappa shape index (κ3) is 2.40. The Morgan fingerprint density at radius 1 is 1.53 bits per heavy atom. The fourth-order valence-corrected chi connectivity index (χ4v) is 2.38. The van der Waals surface area contributed by atoms with Gasteiger partial charge in [0.05, 0.1) is 0 Å². The number of hydrogen-bond donors (Lipinski definition) is 1. The largest absolute Gasteiger partial charge is 0.314 e. The first-order valence-corrected chi connectivity index (χ1v) is 6.14.